The van der Waals surface area contributed by atoms with Gasteiger partial charge in [0.15, 0.2) is 0 Å². The van der Waals surface area contributed by atoms with E-state index in [1.807, 2.05) is 18.2 Å². The van der Waals surface area contributed by atoms with Crippen LogP contribution in [-0.4, -0.2) is 24.3 Å². The molecule has 0 radical (unpaired) electrons. The van der Waals surface area contributed by atoms with Gasteiger partial charge in [0.05, 0.1) is 0 Å². The van der Waals surface area contributed by atoms with E-state index in [1.54, 1.807) is 18.3 Å². The maximum absolute atomic E-state index is 11.4. The van der Waals surface area contributed by atoms with Crippen LogP contribution in [0.1, 0.15) is 24.8 Å². The summed E-state index contributed by atoms with van der Waals surface area (Å²) in [6, 6.07) is 7.15. The molecule has 5 heteroatoms. The lowest BCUT2D eigenvalue weighted by Crippen LogP contribution is -2.32. The van der Waals surface area contributed by atoms with Gasteiger partial charge in [-0.3, -0.25) is 0 Å². The van der Waals surface area contributed by atoms with E-state index >= 15 is 0 Å². The van der Waals surface area contributed by atoms with Crippen LogP contribution in [-0.2, 0) is 0 Å². The molecule has 0 bridgehead atoms. The third kappa shape index (κ3) is 6.84. The highest BCUT2D eigenvalue weighted by Crippen LogP contribution is 2.15. The zero-order valence-corrected chi connectivity index (χ0v) is 11.5. The average molecular weight is 283 g/mol. The van der Waals surface area contributed by atoms with Crippen LogP contribution < -0.4 is 10.6 Å². The summed E-state index contributed by atoms with van der Waals surface area (Å²) in [7, 11) is 0. The number of hydrogen-bond donors (Lipinski definition) is 3. The Bertz CT molecular complexity index is 422. The number of aliphatic hydroxyl groups excluding tert-OH is 1. The highest BCUT2D eigenvalue weighted by molar-refractivity contribution is 6.32. The second kappa shape index (κ2) is 9.42. The number of rotatable bonds is 7. The second-order valence-corrected chi connectivity index (χ2v) is 4.45. The highest BCUT2D eigenvalue weighted by Gasteiger charge is 1.97. The molecule has 1 aromatic rings. The second-order valence-electron chi connectivity index (χ2n) is 4.04. The summed E-state index contributed by atoms with van der Waals surface area (Å²) in [5, 5.41) is 14.6. The number of carbonyl (C=O) groups excluding carboxylic acids is 1. The Kier molecular flexibility index (Phi) is 7.70. The number of amides is 2. The lowest BCUT2D eigenvalue weighted by molar-refractivity contribution is 0.243. The minimum atomic E-state index is -0.243. The first-order valence-corrected chi connectivity index (χ1v) is 6.68. The number of nitrogens with one attached hydrogen (secondary N) is 2. The Morgan fingerprint density at radius 3 is 2.79 bits per heavy atom. The standard InChI is InChI=1S/C14H19ClN2O2/c15-13-7-3-2-6-12(13)8-10-17-14(19)16-9-4-1-5-11-18/h2-3,6-8,10,18H,1,4-5,9,11H2,(H2,16,17,19)/b10-8+. The van der Waals surface area contributed by atoms with Crippen molar-refractivity contribution >= 4 is 23.7 Å². The number of hydrogen-bond acceptors (Lipinski definition) is 2. The molecule has 1 rings (SSSR count). The molecule has 0 aliphatic rings. The molecular weight excluding hydrogens is 264 g/mol. The van der Waals surface area contributed by atoms with Crippen LogP contribution >= 0.6 is 11.6 Å². The monoisotopic (exact) mass is 282 g/mol. The molecular formula is C14H19ClN2O2. The predicted octanol–water partition coefficient (Wildman–Crippen LogP) is 2.77. The Morgan fingerprint density at radius 2 is 2.05 bits per heavy atom. The van der Waals surface area contributed by atoms with E-state index < -0.39 is 0 Å². The zero-order chi connectivity index (χ0) is 13.9. The van der Waals surface area contributed by atoms with Crippen molar-refractivity contribution in [2.24, 2.45) is 0 Å². The molecule has 0 saturated carbocycles. The lowest BCUT2D eigenvalue weighted by atomic mass is 10.2. The third-order valence-electron chi connectivity index (χ3n) is 2.50. The molecule has 0 unspecified atom stereocenters. The first-order chi connectivity index (χ1) is 9.24. The minimum absolute atomic E-state index is 0.201. The number of benzene rings is 1. The summed E-state index contributed by atoms with van der Waals surface area (Å²) in [4.78, 5) is 11.4. The van der Waals surface area contributed by atoms with Gasteiger partial charge in [-0.15, -0.1) is 0 Å². The Labute approximate surface area is 118 Å². The molecule has 2 amide bonds. The van der Waals surface area contributed by atoms with E-state index in [-0.39, 0.29) is 12.6 Å². The number of unbranched alkanes of at least 4 members (excludes halogenated alkanes) is 2. The van der Waals surface area contributed by atoms with Crippen molar-refractivity contribution < 1.29 is 9.90 Å². The maximum atomic E-state index is 11.4. The van der Waals surface area contributed by atoms with Gasteiger partial charge in [0.1, 0.15) is 0 Å². The summed E-state index contributed by atoms with van der Waals surface area (Å²) in [6.45, 7) is 0.804. The van der Waals surface area contributed by atoms with E-state index in [9.17, 15) is 4.79 Å². The number of urea groups is 1. The molecule has 4 nitrogen and oxygen atoms in total. The fourth-order valence-electron chi connectivity index (χ4n) is 1.48. The summed E-state index contributed by atoms with van der Waals surface area (Å²) >= 11 is 5.97. The van der Waals surface area contributed by atoms with Crippen LogP contribution in [0.2, 0.25) is 5.02 Å². The van der Waals surface area contributed by atoms with Crippen LogP contribution in [0.25, 0.3) is 6.08 Å². The third-order valence-corrected chi connectivity index (χ3v) is 2.85. The van der Waals surface area contributed by atoms with Crippen molar-refractivity contribution in [3.63, 3.8) is 0 Å². The lowest BCUT2D eigenvalue weighted by Gasteiger charge is -2.04. The number of aliphatic hydroxyl groups is 1. The average Bonchev–Trinajstić information content (AvgIpc) is 2.41. The molecule has 3 N–H and O–H groups in total. The van der Waals surface area contributed by atoms with E-state index in [2.05, 4.69) is 10.6 Å². The van der Waals surface area contributed by atoms with E-state index in [4.69, 9.17) is 16.7 Å². The Morgan fingerprint density at radius 1 is 1.26 bits per heavy atom. The van der Waals surface area contributed by atoms with Gasteiger partial charge < -0.3 is 15.7 Å². The van der Waals surface area contributed by atoms with Crippen LogP contribution in [0.4, 0.5) is 4.79 Å². The molecule has 0 aliphatic heterocycles. The molecule has 0 spiro atoms. The van der Waals surface area contributed by atoms with Gasteiger partial charge in [0.25, 0.3) is 0 Å². The molecule has 104 valence electrons. The fraction of sp³-hybridized carbons (Fsp3) is 0.357. The summed E-state index contributed by atoms with van der Waals surface area (Å²) in [5.74, 6) is 0. The molecule has 19 heavy (non-hydrogen) atoms. The summed E-state index contributed by atoms with van der Waals surface area (Å²) in [5.41, 5.74) is 0.854. The first-order valence-electron chi connectivity index (χ1n) is 6.30. The van der Waals surface area contributed by atoms with Gasteiger partial charge in [-0.25, -0.2) is 4.79 Å². The fourth-order valence-corrected chi connectivity index (χ4v) is 1.68. The molecule has 0 fully saturated rings. The molecule has 0 aliphatic carbocycles. The van der Waals surface area contributed by atoms with Crippen molar-refractivity contribution in [2.75, 3.05) is 13.2 Å². The number of halogens is 1. The van der Waals surface area contributed by atoms with E-state index in [0.717, 1.165) is 24.8 Å². The van der Waals surface area contributed by atoms with Crippen molar-refractivity contribution in [1.82, 2.24) is 10.6 Å². The topological polar surface area (TPSA) is 61.4 Å². The molecule has 0 heterocycles. The van der Waals surface area contributed by atoms with Gasteiger partial charge in [0.2, 0.25) is 0 Å². The predicted molar refractivity (Wildman–Crippen MR) is 78.0 cm³/mol. The zero-order valence-electron chi connectivity index (χ0n) is 10.7. The number of carbonyl (C=O) groups is 1. The molecule has 0 saturated heterocycles. The van der Waals surface area contributed by atoms with Crippen LogP contribution in [0, 0.1) is 0 Å². The van der Waals surface area contributed by atoms with Gasteiger partial charge >= 0.3 is 6.03 Å². The van der Waals surface area contributed by atoms with E-state index in [0.29, 0.717) is 11.6 Å². The van der Waals surface area contributed by atoms with Crippen molar-refractivity contribution in [3.8, 4) is 0 Å². The molecule has 0 aromatic heterocycles. The molecule has 0 atom stereocenters. The smallest absolute Gasteiger partial charge is 0.318 e. The van der Waals surface area contributed by atoms with E-state index in [1.165, 1.54) is 0 Å². The van der Waals surface area contributed by atoms with Gasteiger partial charge in [-0.2, -0.15) is 0 Å². The SMILES string of the molecule is O=C(N/C=C/c1ccccc1Cl)NCCCCCO. The Balaban J connectivity index is 2.21. The maximum Gasteiger partial charge on any atom is 0.318 e. The quantitative estimate of drug-likeness (QED) is 0.674. The van der Waals surface area contributed by atoms with Crippen molar-refractivity contribution in [1.29, 1.82) is 0 Å². The van der Waals surface area contributed by atoms with Crippen LogP contribution in [0.15, 0.2) is 30.5 Å². The van der Waals surface area contributed by atoms with Gasteiger partial charge in [-0.05, 0) is 37.0 Å². The van der Waals surface area contributed by atoms with Gasteiger partial charge in [-0.1, -0.05) is 29.8 Å². The highest BCUT2D eigenvalue weighted by atomic mass is 35.5. The van der Waals surface area contributed by atoms with Crippen LogP contribution in [0.5, 0.6) is 0 Å². The summed E-state index contributed by atoms with van der Waals surface area (Å²) in [6.07, 6.45) is 5.85. The summed E-state index contributed by atoms with van der Waals surface area (Å²) < 4.78 is 0. The Hall–Kier alpha value is -1.52. The van der Waals surface area contributed by atoms with Crippen molar-refractivity contribution in [3.05, 3.63) is 41.1 Å². The minimum Gasteiger partial charge on any atom is -0.396 e. The normalized spacial score (nSPS) is 10.6. The largest absolute Gasteiger partial charge is 0.396 e. The van der Waals surface area contributed by atoms with Crippen molar-refractivity contribution in [2.45, 2.75) is 19.3 Å². The first kappa shape index (κ1) is 15.5. The molecule has 1 aromatic carbocycles. The van der Waals surface area contributed by atoms with Gasteiger partial charge in [0, 0.05) is 24.4 Å². The van der Waals surface area contributed by atoms with Crippen LogP contribution in [0.3, 0.4) is 0 Å².